The van der Waals surface area contributed by atoms with Crippen LogP contribution < -0.4 is 4.57 Å². The molecule has 0 amide bonds. The first-order valence-corrected chi connectivity index (χ1v) is 18.0. The highest BCUT2D eigenvalue weighted by molar-refractivity contribution is 5.14. The highest BCUT2D eigenvalue weighted by atomic mass is 15.1. The van der Waals surface area contributed by atoms with Crippen molar-refractivity contribution in [2.75, 3.05) is 0 Å². The van der Waals surface area contributed by atoms with Crippen LogP contribution in [0.1, 0.15) is 173 Å². The van der Waals surface area contributed by atoms with Crippen LogP contribution in [0, 0.1) is 0 Å². The quantitative estimate of drug-likeness (QED) is 0.0734. The molecule has 0 N–H and O–H groups in total. The van der Waals surface area contributed by atoms with Gasteiger partial charge in [0, 0.05) is 6.42 Å². The topological polar surface area (TPSA) is 8.81 Å². The maximum absolute atomic E-state index is 2.60. The Kier molecular flexibility index (Phi) is 21.8. The van der Waals surface area contributed by atoms with E-state index in [1.807, 2.05) is 0 Å². The molecule has 1 aromatic carbocycles. The lowest BCUT2D eigenvalue weighted by molar-refractivity contribution is -0.704. The van der Waals surface area contributed by atoms with Crippen LogP contribution in [0.4, 0.5) is 0 Å². The maximum Gasteiger partial charge on any atom is 0.256 e. The summed E-state index contributed by atoms with van der Waals surface area (Å²) < 4.78 is 5.17. The number of imidazole rings is 1. The lowest BCUT2D eigenvalue weighted by Gasteiger charge is -2.07. The summed E-state index contributed by atoms with van der Waals surface area (Å²) in [5.41, 5.74) is 1.47. The summed E-state index contributed by atoms with van der Waals surface area (Å²) in [5.74, 6) is 1.58. The van der Waals surface area contributed by atoms with Crippen LogP contribution in [0.3, 0.4) is 0 Å². The van der Waals surface area contributed by atoms with Gasteiger partial charge in [-0.2, -0.15) is 0 Å². The minimum atomic E-state index is 1.15. The molecule has 0 atom stereocenters. The van der Waals surface area contributed by atoms with E-state index in [0.29, 0.717) is 0 Å². The number of hydrogen-bond donors (Lipinski definition) is 0. The zero-order chi connectivity index (χ0) is 28.4. The molecule has 2 aromatic rings. The molecule has 0 aliphatic heterocycles. The first kappa shape index (κ1) is 34.6. The van der Waals surface area contributed by atoms with E-state index in [0.717, 1.165) is 6.54 Å². The van der Waals surface area contributed by atoms with Crippen molar-refractivity contribution in [3.05, 3.63) is 54.1 Å². The lowest BCUT2D eigenvalue weighted by atomic mass is 10.0. The van der Waals surface area contributed by atoms with E-state index in [1.165, 1.54) is 173 Å². The number of benzene rings is 1. The van der Waals surface area contributed by atoms with Crippen LogP contribution in [0.5, 0.6) is 0 Å². The molecule has 1 heterocycles. The van der Waals surface area contributed by atoms with Crippen molar-refractivity contribution in [2.45, 2.75) is 187 Å². The van der Waals surface area contributed by atoms with Crippen LogP contribution in [0.25, 0.3) is 0 Å². The molecule has 2 heteroatoms. The molecule has 0 unspecified atom stereocenters. The van der Waals surface area contributed by atoms with Crippen LogP contribution in [-0.2, 0) is 25.9 Å². The van der Waals surface area contributed by atoms with Gasteiger partial charge in [-0.1, -0.05) is 166 Å². The van der Waals surface area contributed by atoms with Gasteiger partial charge in [-0.25, -0.2) is 9.13 Å². The summed E-state index contributed by atoms with van der Waals surface area (Å²) in [6, 6.07) is 11.0. The van der Waals surface area contributed by atoms with Crippen LogP contribution in [0.15, 0.2) is 42.7 Å². The van der Waals surface area contributed by atoms with Gasteiger partial charge < -0.3 is 0 Å². The summed E-state index contributed by atoms with van der Waals surface area (Å²) in [4.78, 5) is 0. The maximum atomic E-state index is 2.60. The van der Waals surface area contributed by atoms with Gasteiger partial charge in [-0.05, 0) is 37.7 Å². The minimum Gasteiger partial charge on any atom is -0.234 e. The Morgan fingerprint density at radius 2 is 0.975 bits per heavy atom. The third kappa shape index (κ3) is 17.3. The molecule has 0 aliphatic carbocycles. The Hall–Kier alpha value is -1.57. The van der Waals surface area contributed by atoms with Gasteiger partial charge in [-0.3, -0.25) is 0 Å². The normalized spacial score (nSPS) is 11.4. The number of rotatable bonds is 28. The first-order valence-electron chi connectivity index (χ1n) is 18.0. The van der Waals surface area contributed by atoms with Gasteiger partial charge in [0.1, 0.15) is 12.4 Å². The molecule has 228 valence electrons. The second-order valence-electron chi connectivity index (χ2n) is 12.5. The molecule has 0 saturated heterocycles. The van der Waals surface area contributed by atoms with Crippen molar-refractivity contribution >= 4 is 0 Å². The number of unbranched alkanes of at least 4 members (excludes halogenated alkanes) is 20. The summed E-state index contributed by atoms with van der Waals surface area (Å²) in [7, 11) is 0. The third-order valence-electron chi connectivity index (χ3n) is 8.80. The molecule has 0 fully saturated rings. The molecule has 40 heavy (non-hydrogen) atoms. The standard InChI is InChI=1S/C38H67N2/c1-3-5-7-9-11-12-13-14-15-16-17-18-19-21-26-32-38-39(33-27-22-20-10-8-6-4-2)35-36-40(38)34-28-31-37-29-24-23-25-30-37/h23-25,29-30,35-36H,3-22,26-28,31-34H2,1-2H3/q+1. The molecule has 2 nitrogen and oxygen atoms in total. The fraction of sp³-hybridized carbons (Fsp3) is 0.763. The molecular formula is C38H67N2+. The lowest BCUT2D eigenvalue weighted by Crippen LogP contribution is -2.37. The smallest absolute Gasteiger partial charge is 0.234 e. The van der Waals surface area contributed by atoms with Crippen molar-refractivity contribution < 1.29 is 4.57 Å². The van der Waals surface area contributed by atoms with Crippen LogP contribution >= 0.6 is 0 Å². The molecule has 1 aromatic heterocycles. The number of nitrogens with zero attached hydrogens (tertiary/aromatic N) is 2. The van der Waals surface area contributed by atoms with Gasteiger partial charge in [0.25, 0.3) is 5.82 Å². The Morgan fingerprint density at radius 3 is 1.50 bits per heavy atom. The Labute approximate surface area is 250 Å². The van der Waals surface area contributed by atoms with E-state index in [4.69, 9.17) is 0 Å². The highest BCUT2D eigenvalue weighted by Crippen LogP contribution is 2.15. The van der Waals surface area contributed by atoms with E-state index < -0.39 is 0 Å². The molecule has 0 saturated carbocycles. The van der Waals surface area contributed by atoms with Gasteiger partial charge in [-0.15, -0.1) is 0 Å². The average Bonchev–Trinajstić information content (AvgIpc) is 3.36. The highest BCUT2D eigenvalue weighted by Gasteiger charge is 2.16. The largest absolute Gasteiger partial charge is 0.256 e. The second-order valence-corrected chi connectivity index (χ2v) is 12.5. The zero-order valence-corrected chi connectivity index (χ0v) is 27.0. The fourth-order valence-corrected chi connectivity index (χ4v) is 6.18. The minimum absolute atomic E-state index is 1.15. The molecule has 0 aliphatic rings. The van der Waals surface area contributed by atoms with Gasteiger partial charge in [0.2, 0.25) is 0 Å². The van der Waals surface area contributed by atoms with E-state index in [1.54, 1.807) is 5.82 Å². The average molecular weight is 552 g/mol. The van der Waals surface area contributed by atoms with Crippen molar-refractivity contribution in [1.82, 2.24) is 4.57 Å². The molecule has 2 rings (SSSR count). The predicted molar refractivity (Wildman–Crippen MR) is 176 cm³/mol. The van der Waals surface area contributed by atoms with E-state index in [-0.39, 0.29) is 0 Å². The number of aromatic nitrogens is 2. The SMILES string of the molecule is CCCCCCCCCCCCCCCCCc1n(CCCCCCCCC)cc[n+]1CCCc1ccccc1. The number of aryl methyl sites for hydroxylation is 3. The monoisotopic (exact) mass is 552 g/mol. The van der Waals surface area contributed by atoms with Gasteiger partial charge >= 0.3 is 0 Å². The molecule has 0 spiro atoms. The van der Waals surface area contributed by atoms with E-state index in [9.17, 15) is 0 Å². The Balaban J connectivity index is 1.62. The van der Waals surface area contributed by atoms with Gasteiger partial charge in [0.15, 0.2) is 0 Å². The van der Waals surface area contributed by atoms with Crippen molar-refractivity contribution in [3.8, 4) is 0 Å². The van der Waals surface area contributed by atoms with Crippen molar-refractivity contribution in [2.24, 2.45) is 0 Å². The summed E-state index contributed by atoms with van der Waals surface area (Å²) >= 11 is 0. The summed E-state index contributed by atoms with van der Waals surface area (Å²) in [5, 5.41) is 0. The van der Waals surface area contributed by atoms with E-state index in [2.05, 4.69) is 65.7 Å². The molecule has 0 radical (unpaired) electrons. The number of hydrogen-bond acceptors (Lipinski definition) is 0. The third-order valence-corrected chi connectivity index (χ3v) is 8.80. The molecule has 0 bridgehead atoms. The Bertz CT molecular complexity index is 793. The van der Waals surface area contributed by atoms with E-state index >= 15 is 0 Å². The Morgan fingerprint density at radius 1 is 0.500 bits per heavy atom. The predicted octanol–water partition coefficient (Wildman–Crippen LogP) is 11.6. The second kappa shape index (κ2) is 25.2. The van der Waals surface area contributed by atoms with Crippen LogP contribution in [-0.4, -0.2) is 4.57 Å². The van der Waals surface area contributed by atoms with Crippen molar-refractivity contribution in [1.29, 1.82) is 0 Å². The van der Waals surface area contributed by atoms with Gasteiger partial charge in [0.05, 0.1) is 13.1 Å². The fourth-order valence-electron chi connectivity index (χ4n) is 6.18. The molecular weight excluding hydrogens is 484 g/mol. The van der Waals surface area contributed by atoms with Crippen LogP contribution in [0.2, 0.25) is 0 Å². The van der Waals surface area contributed by atoms with Crippen molar-refractivity contribution in [3.63, 3.8) is 0 Å². The summed E-state index contributed by atoms with van der Waals surface area (Å²) in [6.45, 7) is 6.96. The first-order chi connectivity index (χ1) is 19.8. The summed E-state index contributed by atoms with van der Waals surface area (Å²) in [6.07, 6.45) is 39.7. The zero-order valence-electron chi connectivity index (χ0n) is 27.0.